The molecule has 1 aliphatic heterocycles. The Kier molecular flexibility index (Phi) is 10.4. The van der Waals surface area contributed by atoms with Crippen molar-refractivity contribution < 1.29 is 18.7 Å². The Hall–Kier alpha value is -2.63. The number of benzene rings is 1. The van der Waals surface area contributed by atoms with Crippen molar-refractivity contribution >= 4 is 36.0 Å². The first-order valence-corrected chi connectivity index (χ1v) is 10.3. The summed E-state index contributed by atoms with van der Waals surface area (Å²) in [5, 5.41) is 6.56. The summed E-state index contributed by atoms with van der Waals surface area (Å²) in [6, 6.07) is 8.47. The van der Waals surface area contributed by atoms with Gasteiger partial charge < -0.3 is 25.0 Å². The third kappa shape index (κ3) is 7.50. The molecule has 0 spiro atoms. The Bertz CT molecular complexity index is 892. The number of nitrogens with one attached hydrogen (secondary N) is 2. The summed E-state index contributed by atoms with van der Waals surface area (Å²) in [4.78, 5) is 21.7. The van der Waals surface area contributed by atoms with E-state index in [-0.39, 0.29) is 41.9 Å². The number of carbonyl (C=O) groups is 1. The van der Waals surface area contributed by atoms with E-state index in [9.17, 15) is 9.18 Å². The number of hydrogen-bond acceptors (Lipinski definition) is 5. The molecule has 174 valence electrons. The number of aliphatic imine (C=N–C) groups is 1. The van der Waals surface area contributed by atoms with E-state index in [2.05, 4.69) is 20.6 Å². The normalized spacial score (nSPS) is 14.3. The van der Waals surface area contributed by atoms with E-state index in [4.69, 9.17) is 9.47 Å². The fourth-order valence-corrected chi connectivity index (χ4v) is 3.27. The zero-order valence-corrected chi connectivity index (χ0v) is 20.5. The lowest BCUT2D eigenvalue weighted by molar-refractivity contribution is 0.0963. The standard InChI is InChI=1S/C22H28FN5O3.HI/c1-3-30-22(29)28-11-8-17(9-12-28)27-21(24-2)26-14-16-6-7-20(19(23)13-16)31-18-5-4-10-25-15-18;/h4-7,10,13,15,17H,3,8-9,11-12,14H2,1-2H3,(H2,24,26,27);1H. The number of hydrogen-bond donors (Lipinski definition) is 2. The van der Waals surface area contributed by atoms with Crippen LogP contribution < -0.4 is 15.4 Å². The maximum atomic E-state index is 14.4. The van der Waals surface area contributed by atoms with E-state index in [0.29, 0.717) is 38.0 Å². The first kappa shape index (κ1) is 25.6. The number of ether oxygens (including phenoxy) is 2. The quantitative estimate of drug-likeness (QED) is 0.318. The minimum absolute atomic E-state index is 0. The highest BCUT2D eigenvalue weighted by Gasteiger charge is 2.24. The predicted octanol–water partition coefficient (Wildman–Crippen LogP) is 3.92. The van der Waals surface area contributed by atoms with Gasteiger partial charge >= 0.3 is 6.09 Å². The van der Waals surface area contributed by atoms with Gasteiger partial charge in [0.05, 0.1) is 12.8 Å². The van der Waals surface area contributed by atoms with Crippen molar-refractivity contribution in [2.45, 2.75) is 32.4 Å². The summed E-state index contributed by atoms with van der Waals surface area (Å²) in [6.45, 7) is 3.86. The third-order valence-electron chi connectivity index (χ3n) is 4.90. The van der Waals surface area contributed by atoms with Crippen LogP contribution in [0.2, 0.25) is 0 Å². The van der Waals surface area contributed by atoms with E-state index in [0.717, 1.165) is 18.4 Å². The van der Waals surface area contributed by atoms with E-state index < -0.39 is 5.82 Å². The average molecular weight is 557 g/mol. The molecule has 0 bridgehead atoms. The molecule has 0 unspecified atom stereocenters. The molecule has 2 heterocycles. The number of rotatable bonds is 6. The van der Waals surface area contributed by atoms with Gasteiger partial charge in [-0.3, -0.25) is 9.98 Å². The molecule has 1 fully saturated rings. The highest BCUT2D eigenvalue weighted by molar-refractivity contribution is 14.0. The molecular formula is C22H29FIN5O3. The fourth-order valence-electron chi connectivity index (χ4n) is 3.27. The Morgan fingerprint density at radius 3 is 2.72 bits per heavy atom. The molecule has 1 aromatic heterocycles. The Morgan fingerprint density at radius 1 is 1.31 bits per heavy atom. The molecule has 2 aromatic rings. The van der Waals surface area contributed by atoms with Crippen LogP contribution in [0.3, 0.4) is 0 Å². The lowest BCUT2D eigenvalue weighted by atomic mass is 10.1. The number of piperidine rings is 1. The minimum Gasteiger partial charge on any atom is -0.453 e. The lowest BCUT2D eigenvalue weighted by Gasteiger charge is -2.32. The van der Waals surface area contributed by atoms with Gasteiger partial charge in [0.1, 0.15) is 5.75 Å². The molecule has 10 heteroatoms. The summed E-state index contributed by atoms with van der Waals surface area (Å²) in [6.07, 6.45) is 4.49. The first-order valence-electron chi connectivity index (χ1n) is 10.3. The van der Waals surface area contributed by atoms with Crippen molar-refractivity contribution in [3.8, 4) is 11.5 Å². The van der Waals surface area contributed by atoms with Crippen molar-refractivity contribution in [2.75, 3.05) is 26.7 Å². The van der Waals surface area contributed by atoms with Crippen LogP contribution in [-0.4, -0.2) is 54.7 Å². The summed E-state index contributed by atoms with van der Waals surface area (Å²) in [5.41, 5.74) is 0.760. The number of likely N-dealkylation sites (tertiary alicyclic amines) is 1. The van der Waals surface area contributed by atoms with Crippen molar-refractivity contribution in [1.82, 2.24) is 20.5 Å². The zero-order chi connectivity index (χ0) is 22.1. The van der Waals surface area contributed by atoms with Crippen molar-refractivity contribution in [3.05, 3.63) is 54.1 Å². The highest BCUT2D eigenvalue weighted by atomic mass is 127. The lowest BCUT2D eigenvalue weighted by Crippen LogP contribution is -2.49. The van der Waals surface area contributed by atoms with E-state index in [1.807, 2.05) is 0 Å². The van der Waals surface area contributed by atoms with Crippen LogP contribution in [0.15, 0.2) is 47.7 Å². The van der Waals surface area contributed by atoms with Crippen LogP contribution in [0.25, 0.3) is 0 Å². The molecular weight excluding hydrogens is 528 g/mol. The van der Waals surface area contributed by atoms with Crippen molar-refractivity contribution in [2.24, 2.45) is 4.99 Å². The molecule has 1 amide bonds. The largest absolute Gasteiger partial charge is 0.453 e. The second kappa shape index (κ2) is 13.0. The molecule has 0 radical (unpaired) electrons. The van der Waals surface area contributed by atoms with Gasteiger partial charge in [0.2, 0.25) is 0 Å². The van der Waals surface area contributed by atoms with Gasteiger partial charge in [-0.05, 0) is 49.6 Å². The highest BCUT2D eigenvalue weighted by Crippen LogP contribution is 2.24. The Labute approximate surface area is 204 Å². The summed E-state index contributed by atoms with van der Waals surface area (Å²) in [7, 11) is 1.69. The average Bonchev–Trinajstić information content (AvgIpc) is 2.79. The van der Waals surface area contributed by atoms with Crippen LogP contribution in [0.5, 0.6) is 11.5 Å². The first-order chi connectivity index (χ1) is 15.1. The Balaban J connectivity index is 0.00000363. The number of halogens is 2. The van der Waals surface area contributed by atoms with Gasteiger partial charge in [-0.1, -0.05) is 6.07 Å². The molecule has 1 aromatic carbocycles. The molecule has 2 N–H and O–H groups in total. The van der Waals surface area contributed by atoms with Crippen molar-refractivity contribution in [1.29, 1.82) is 0 Å². The summed E-state index contributed by atoms with van der Waals surface area (Å²) < 4.78 is 25.0. The van der Waals surface area contributed by atoms with Crippen LogP contribution >= 0.6 is 24.0 Å². The molecule has 0 aliphatic carbocycles. The third-order valence-corrected chi connectivity index (χ3v) is 4.90. The van der Waals surface area contributed by atoms with Gasteiger partial charge in [0.15, 0.2) is 17.5 Å². The predicted molar refractivity (Wildman–Crippen MR) is 131 cm³/mol. The zero-order valence-electron chi connectivity index (χ0n) is 18.2. The van der Waals surface area contributed by atoms with Crippen LogP contribution in [0.4, 0.5) is 9.18 Å². The second-order valence-corrected chi connectivity index (χ2v) is 7.09. The number of aromatic nitrogens is 1. The number of pyridine rings is 1. The molecule has 0 saturated carbocycles. The van der Waals surface area contributed by atoms with Gasteiger partial charge in [-0.15, -0.1) is 24.0 Å². The topological polar surface area (TPSA) is 88.1 Å². The monoisotopic (exact) mass is 557 g/mol. The smallest absolute Gasteiger partial charge is 0.409 e. The SMILES string of the molecule is CCOC(=O)N1CCC(NC(=NC)NCc2ccc(Oc3cccnc3)c(F)c2)CC1.I. The molecule has 1 aliphatic rings. The van der Waals surface area contributed by atoms with Crippen LogP contribution in [-0.2, 0) is 11.3 Å². The molecule has 3 rings (SSSR count). The Morgan fingerprint density at radius 2 is 2.09 bits per heavy atom. The number of amides is 1. The van der Waals surface area contributed by atoms with Crippen LogP contribution in [0, 0.1) is 5.82 Å². The van der Waals surface area contributed by atoms with Gasteiger partial charge in [-0.25, -0.2) is 9.18 Å². The van der Waals surface area contributed by atoms with Crippen molar-refractivity contribution in [3.63, 3.8) is 0 Å². The molecule has 0 atom stereocenters. The maximum Gasteiger partial charge on any atom is 0.409 e. The van der Waals surface area contributed by atoms with Gasteiger partial charge in [0, 0.05) is 38.9 Å². The number of carbonyl (C=O) groups excluding carboxylic acids is 1. The molecule has 1 saturated heterocycles. The van der Waals surface area contributed by atoms with E-state index in [1.54, 1.807) is 49.3 Å². The fraction of sp³-hybridized carbons (Fsp3) is 0.409. The van der Waals surface area contributed by atoms with Gasteiger partial charge in [-0.2, -0.15) is 0 Å². The molecule has 32 heavy (non-hydrogen) atoms. The number of guanidine groups is 1. The van der Waals surface area contributed by atoms with E-state index >= 15 is 0 Å². The summed E-state index contributed by atoms with van der Waals surface area (Å²) >= 11 is 0. The second-order valence-electron chi connectivity index (χ2n) is 7.09. The van der Waals surface area contributed by atoms with Gasteiger partial charge in [0.25, 0.3) is 0 Å². The number of nitrogens with zero attached hydrogens (tertiary/aromatic N) is 3. The van der Waals surface area contributed by atoms with E-state index in [1.165, 1.54) is 12.3 Å². The minimum atomic E-state index is -0.447. The van der Waals surface area contributed by atoms with Crippen LogP contribution in [0.1, 0.15) is 25.3 Å². The maximum absolute atomic E-state index is 14.4. The molecule has 8 nitrogen and oxygen atoms in total. The summed E-state index contributed by atoms with van der Waals surface area (Å²) in [5.74, 6) is 0.807.